The van der Waals surface area contributed by atoms with Crippen molar-refractivity contribution in [3.8, 4) is 5.75 Å². The van der Waals surface area contributed by atoms with Gasteiger partial charge in [-0.1, -0.05) is 5.16 Å². The number of methoxy groups -OCH3 is 1. The SMILES string of the molecule is COc1cc(N)ccc1SCc1ccno1. The molecule has 5 heteroatoms. The van der Waals surface area contributed by atoms with Gasteiger partial charge in [-0.3, -0.25) is 0 Å². The van der Waals surface area contributed by atoms with Crippen molar-refractivity contribution in [1.82, 2.24) is 5.16 Å². The summed E-state index contributed by atoms with van der Waals surface area (Å²) < 4.78 is 10.3. The van der Waals surface area contributed by atoms with Gasteiger partial charge >= 0.3 is 0 Å². The van der Waals surface area contributed by atoms with Crippen LogP contribution in [0.25, 0.3) is 0 Å². The van der Waals surface area contributed by atoms with Crippen molar-refractivity contribution in [3.05, 3.63) is 36.2 Å². The van der Waals surface area contributed by atoms with Crippen LogP contribution in [0.4, 0.5) is 5.69 Å². The van der Waals surface area contributed by atoms with Gasteiger partial charge in [-0.05, 0) is 12.1 Å². The quantitative estimate of drug-likeness (QED) is 0.653. The summed E-state index contributed by atoms with van der Waals surface area (Å²) >= 11 is 1.62. The Balaban J connectivity index is 2.09. The molecule has 0 atom stereocenters. The minimum Gasteiger partial charge on any atom is -0.496 e. The highest BCUT2D eigenvalue weighted by atomic mass is 32.2. The Kier molecular flexibility index (Phi) is 3.36. The first-order chi connectivity index (χ1) is 7.79. The van der Waals surface area contributed by atoms with Crippen LogP contribution in [0.5, 0.6) is 5.75 Å². The first kappa shape index (κ1) is 10.9. The minimum absolute atomic E-state index is 0.695. The molecule has 2 rings (SSSR count). The van der Waals surface area contributed by atoms with Gasteiger partial charge in [-0.25, -0.2) is 0 Å². The third kappa shape index (κ3) is 2.49. The van der Waals surface area contributed by atoms with E-state index in [1.807, 2.05) is 24.3 Å². The van der Waals surface area contributed by atoms with Crippen LogP contribution in [0, 0.1) is 0 Å². The van der Waals surface area contributed by atoms with Crippen LogP contribution in [0.1, 0.15) is 5.76 Å². The van der Waals surface area contributed by atoms with E-state index >= 15 is 0 Å². The largest absolute Gasteiger partial charge is 0.496 e. The van der Waals surface area contributed by atoms with Crippen molar-refractivity contribution in [3.63, 3.8) is 0 Å². The predicted octanol–water partition coefficient (Wildman–Crippen LogP) is 2.56. The second-order valence-electron chi connectivity index (χ2n) is 3.18. The van der Waals surface area contributed by atoms with Gasteiger partial charge in [0.2, 0.25) is 0 Å². The Bertz CT molecular complexity index is 457. The third-order valence-electron chi connectivity index (χ3n) is 2.05. The lowest BCUT2D eigenvalue weighted by molar-refractivity contribution is 0.394. The number of hydrogen-bond acceptors (Lipinski definition) is 5. The van der Waals surface area contributed by atoms with E-state index in [9.17, 15) is 0 Å². The summed E-state index contributed by atoms with van der Waals surface area (Å²) in [5.74, 6) is 2.34. The minimum atomic E-state index is 0.695. The van der Waals surface area contributed by atoms with Crippen LogP contribution in [-0.4, -0.2) is 12.3 Å². The van der Waals surface area contributed by atoms with Crippen LogP contribution in [0.3, 0.4) is 0 Å². The molecule has 0 unspecified atom stereocenters. The van der Waals surface area contributed by atoms with Crippen molar-refractivity contribution < 1.29 is 9.26 Å². The van der Waals surface area contributed by atoms with Crippen LogP contribution < -0.4 is 10.5 Å². The number of anilines is 1. The van der Waals surface area contributed by atoms with Crippen molar-refractivity contribution in [2.24, 2.45) is 0 Å². The van der Waals surface area contributed by atoms with Crippen molar-refractivity contribution in [2.75, 3.05) is 12.8 Å². The molecular weight excluding hydrogens is 224 g/mol. The standard InChI is InChI=1S/C11H12N2O2S/c1-14-10-6-8(12)2-3-11(10)16-7-9-4-5-13-15-9/h2-6H,7,12H2,1H3. The van der Waals surface area contributed by atoms with Gasteiger partial charge in [0, 0.05) is 22.7 Å². The fourth-order valence-electron chi connectivity index (χ4n) is 1.27. The lowest BCUT2D eigenvalue weighted by atomic mass is 10.3. The first-order valence-electron chi connectivity index (χ1n) is 4.75. The summed E-state index contributed by atoms with van der Waals surface area (Å²) in [5.41, 5.74) is 6.37. The van der Waals surface area contributed by atoms with Gasteiger partial charge in [0.1, 0.15) is 11.5 Å². The highest BCUT2D eigenvalue weighted by Gasteiger charge is 2.05. The summed E-state index contributed by atoms with van der Waals surface area (Å²) in [6.45, 7) is 0. The molecule has 0 aliphatic carbocycles. The van der Waals surface area contributed by atoms with Crippen LogP contribution in [0.15, 0.2) is 39.9 Å². The van der Waals surface area contributed by atoms with Crippen LogP contribution >= 0.6 is 11.8 Å². The molecule has 1 aromatic carbocycles. The molecule has 4 nitrogen and oxygen atoms in total. The summed E-state index contributed by atoms with van der Waals surface area (Å²) in [4.78, 5) is 1.04. The molecule has 0 saturated carbocycles. The molecule has 0 saturated heterocycles. The van der Waals surface area contributed by atoms with Crippen LogP contribution in [-0.2, 0) is 5.75 Å². The molecule has 0 spiro atoms. The summed E-state index contributed by atoms with van der Waals surface area (Å²) in [6, 6.07) is 7.44. The molecular formula is C11H12N2O2S. The molecule has 0 radical (unpaired) electrons. The molecule has 0 aliphatic heterocycles. The lowest BCUT2D eigenvalue weighted by Crippen LogP contribution is -1.90. The maximum absolute atomic E-state index is 5.68. The number of aromatic nitrogens is 1. The molecule has 0 amide bonds. The number of benzene rings is 1. The van der Waals surface area contributed by atoms with Gasteiger partial charge < -0.3 is 15.0 Å². The monoisotopic (exact) mass is 236 g/mol. The fourth-order valence-corrected chi connectivity index (χ4v) is 2.16. The van der Waals surface area contributed by atoms with E-state index < -0.39 is 0 Å². The lowest BCUT2D eigenvalue weighted by Gasteiger charge is -2.07. The van der Waals surface area contributed by atoms with Crippen LogP contribution in [0.2, 0.25) is 0 Å². The number of hydrogen-bond donors (Lipinski definition) is 1. The van der Waals surface area contributed by atoms with E-state index in [-0.39, 0.29) is 0 Å². The summed E-state index contributed by atoms with van der Waals surface area (Å²) in [5, 5.41) is 3.65. The van der Waals surface area contributed by atoms with E-state index in [4.69, 9.17) is 15.0 Å². The molecule has 2 N–H and O–H groups in total. The molecule has 1 heterocycles. The topological polar surface area (TPSA) is 61.3 Å². The molecule has 0 fully saturated rings. The summed E-state index contributed by atoms with van der Waals surface area (Å²) in [6.07, 6.45) is 1.64. The second-order valence-corrected chi connectivity index (χ2v) is 4.19. The van der Waals surface area contributed by atoms with Gasteiger partial charge in [0.05, 0.1) is 19.1 Å². The van der Waals surface area contributed by atoms with Crippen molar-refractivity contribution in [1.29, 1.82) is 0 Å². The predicted molar refractivity (Wildman–Crippen MR) is 63.5 cm³/mol. The first-order valence-corrected chi connectivity index (χ1v) is 5.74. The van der Waals surface area contributed by atoms with E-state index in [0.29, 0.717) is 5.69 Å². The molecule has 84 valence electrons. The van der Waals surface area contributed by atoms with Gasteiger partial charge in [-0.15, -0.1) is 11.8 Å². The number of nitrogens with two attached hydrogens (primary N) is 1. The number of rotatable bonds is 4. The Hall–Kier alpha value is -1.62. The number of ether oxygens (including phenoxy) is 1. The normalized spacial score (nSPS) is 10.3. The maximum atomic E-state index is 5.68. The zero-order chi connectivity index (χ0) is 11.4. The molecule has 2 aromatic rings. The number of thioether (sulfide) groups is 1. The number of nitrogen functional groups attached to an aromatic ring is 1. The highest BCUT2D eigenvalue weighted by Crippen LogP contribution is 2.32. The average Bonchev–Trinajstić information content (AvgIpc) is 2.80. The molecule has 0 bridgehead atoms. The van der Waals surface area contributed by atoms with Crippen molar-refractivity contribution in [2.45, 2.75) is 10.6 Å². The van der Waals surface area contributed by atoms with E-state index in [2.05, 4.69) is 5.16 Å². The van der Waals surface area contributed by atoms with E-state index in [0.717, 1.165) is 22.2 Å². The van der Waals surface area contributed by atoms with E-state index in [1.54, 1.807) is 25.1 Å². The molecule has 0 aliphatic rings. The van der Waals surface area contributed by atoms with Gasteiger partial charge in [0.25, 0.3) is 0 Å². The zero-order valence-electron chi connectivity index (χ0n) is 8.84. The average molecular weight is 236 g/mol. The zero-order valence-corrected chi connectivity index (χ0v) is 9.66. The fraction of sp³-hybridized carbons (Fsp3) is 0.182. The Labute approximate surface area is 97.8 Å². The smallest absolute Gasteiger partial charge is 0.146 e. The maximum Gasteiger partial charge on any atom is 0.146 e. The Morgan fingerprint density at radius 2 is 2.31 bits per heavy atom. The van der Waals surface area contributed by atoms with E-state index in [1.165, 1.54) is 0 Å². The molecule has 1 aromatic heterocycles. The highest BCUT2D eigenvalue weighted by molar-refractivity contribution is 7.98. The van der Waals surface area contributed by atoms with Gasteiger partial charge in [-0.2, -0.15) is 0 Å². The third-order valence-corrected chi connectivity index (χ3v) is 3.13. The second kappa shape index (κ2) is 4.94. The van der Waals surface area contributed by atoms with Gasteiger partial charge in [0.15, 0.2) is 0 Å². The Morgan fingerprint density at radius 3 is 3.00 bits per heavy atom. The Morgan fingerprint density at radius 1 is 1.44 bits per heavy atom. The number of nitrogens with zero attached hydrogens (tertiary/aromatic N) is 1. The summed E-state index contributed by atoms with van der Waals surface area (Å²) in [7, 11) is 1.63. The van der Waals surface area contributed by atoms with Crippen molar-refractivity contribution >= 4 is 17.4 Å². The molecule has 16 heavy (non-hydrogen) atoms.